The molecule has 10 heteroatoms. The Hall–Kier alpha value is -0.820. The standard InChI is InChI=1S/C34H59NO8S/c1-8-22(10-11-24(35-7)12-13-25-23(16-21(3)37)17-27(25)38)19-42-33(6,9-2)20-32(4,5)14-15-44-31-28-30(40)29(39)26(18-36)34(28,41)43-31/h10-11,21,23,25-31,36-41H,7-9,12-20H2,1-6H3. The summed E-state index contributed by atoms with van der Waals surface area (Å²) in [6, 6.07) is 0. The van der Waals surface area contributed by atoms with Crippen molar-refractivity contribution in [3.05, 3.63) is 23.4 Å². The summed E-state index contributed by atoms with van der Waals surface area (Å²) in [5, 5.41) is 60.8. The zero-order chi connectivity index (χ0) is 32.9. The van der Waals surface area contributed by atoms with E-state index in [1.807, 2.05) is 6.08 Å². The summed E-state index contributed by atoms with van der Waals surface area (Å²) in [4.78, 5) is 4.23. The van der Waals surface area contributed by atoms with E-state index in [1.54, 1.807) is 6.92 Å². The van der Waals surface area contributed by atoms with Gasteiger partial charge in [0.1, 0.15) is 5.44 Å². The number of aliphatic imine (C=N–C) groups is 1. The number of allylic oxidation sites excluding steroid dienone is 3. The minimum Gasteiger partial charge on any atom is -0.396 e. The number of hydrogen-bond acceptors (Lipinski definition) is 10. The molecule has 9 nitrogen and oxygen atoms in total. The number of fused-ring (bicyclic) bond motifs is 1. The van der Waals surface area contributed by atoms with Crippen LogP contribution in [0.1, 0.15) is 92.9 Å². The number of aliphatic hydroxyl groups excluding tert-OH is 5. The molecule has 0 amide bonds. The van der Waals surface area contributed by atoms with Crippen LogP contribution in [0.25, 0.3) is 0 Å². The van der Waals surface area contributed by atoms with Crippen molar-refractivity contribution >= 4 is 18.5 Å². The molecule has 3 fully saturated rings. The van der Waals surface area contributed by atoms with Gasteiger partial charge in [0.05, 0.1) is 55.1 Å². The third-order valence-electron chi connectivity index (χ3n) is 10.4. The zero-order valence-electron chi connectivity index (χ0n) is 27.7. The van der Waals surface area contributed by atoms with Crippen LogP contribution in [0.5, 0.6) is 0 Å². The van der Waals surface area contributed by atoms with Crippen LogP contribution in [0, 0.1) is 29.1 Å². The molecule has 1 saturated heterocycles. The highest BCUT2D eigenvalue weighted by Gasteiger charge is 2.70. The van der Waals surface area contributed by atoms with Gasteiger partial charge in [-0.05, 0) is 107 Å². The summed E-state index contributed by atoms with van der Waals surface area (Å²) in [7, 11) is 0. The van der Waals surface area contributed by atoms with E-state index in [2.05, 4.69) is 52.4 Å². The molecular formula is C34H59NO8S. The van der Waals surface area contributed by atoms with Crippen molar-refractivity contribution in [2.75, 3.05) is 19.0 Å². The molecule has 11 atom stereocenters. The zero-order valence-corrected chi connectivity index (χ0v) is 28.5. The number of rotatable bonds is 19. The Balaban J connectivity index is 1.48. The monoisotopic (exact) mass is 641 g/mol. The van der Waals surface area contributed by atoms with E-state index in [-0.39, 0.29) is 29.1 Å². The molecular weight excluding hydrogens is 582 g/mol. The van der Waals surface area contributed by atoms with Gasteiger partial charge in [-0.2, -0.15) is 0 Å². The minimum absolute atomic E-state index is 0.0348. The first kappa shape index (κ1) is 37.6. The topological polar surface area (TPSA) is 152 Å². The summed E-state index contributed by atoms with van der Waals surface area (Å²) in [5.41, 5.74) is 1.28. The first-order chi connectivity index (χ1) is 20.6. The maximum absolute atomic E-state index is 10.7. The van der Waals surface area contributed by atoms with Crippen LogP contribution in [-0.2, 0) is 9.47 Å². The molecule has 254 valence electrons. The molecule has 0 aromatic heterocycles. The van der Waals surface area contributed by atoms with Gasteiger partial charge in [0.2, 0.25) is 0 Å². The van der Waals surface area contributed by atoms with Crippen LogP contribution in [0.4, 0.5) is 0 Å². The molecule has 0 aromatic carbocycles. The molecule has 0 radical (unpaired) electrons. The van der Waals surface area contributed by atoms with Crippen LogP contribution in [-0.4, -0.2) is 97.6 Å². The Morgan fingerprint density at radius 2 is 1.89 bits per heavy atom. The molecule has 0 aromatic rings. The molecule has 1 heterocycles. The summed E-state index contributed by atoms with van der Waals surface area (Å²) in [6.07, 6.45) is 7.64. The van der Waals surface area contributed by atoms with Crippen LogP contribution in [0.2, 0.25) is 0 Å². The van der Waals surface area contributed by atoms with E-state index in [0.29, 0.717) is 12.5 Å². The molecule has 2 aliphatic carbocycles. The first-order valence-electron chi connectivity index (χ1n) is 16.5. The summed E-state index contributed by atoms with van der Waals surface area (Å²) < 4.78 is 12.2. The minimum atomic E-state index is -1.67. The predicted molar refractivity (Wildman–Crippen MR) is 175 cm³/mol. The van der Waals surface area contributed by atoms with Gasteiger partial charge in [0, 0.05) is 5.70 Å². The second-order valence-electron chi connectivity index (χ2n) is 14.4. The Morgan fingerprint density at radius 1 is 1.18 bits per heavy atom. The number of ether oxygens (including phenoxy) is 2. The highest BCUT2D eigenvalue weighted by atomic mass is 32.2. The fourth-order valence-corrected chi connectivity index (χ4v) is 8.98. The van der Waals surface area contributed by atoms with E-state index >= 15 is 0 Å². The van der Waals surface area contributed by atoms with Gasteiger partial charge in [-0.3, -0.25) is 4.99 Å². The van der Waals surface area contributed by atoms with Crippen LogP contribution in [0.3, 0.4) is 0 Å². The lowest BCUT2D eigenvalue weighted by Gasteiger charge is -2.49. The van der Waals surface area contributed by atoms with Crippen molar-refractivity contribution in [2.45, 2.75) is 134 Å². The molecule has 2 saturated carbocycles. The number of hydrogen-bond donors (Lipinski definition) is 6. The van der Waals surface area contributed by atoms with Crippen molar-refractivity contribution < 1.29 is 40.1 Å². The average Bonchev–Trinajstić information content (AvgIpc) is 3.09. The van der Waals surface area contributed by atoms with Crippen molar-refractivity contribution in [3.63, 3.8) is 0 Å². The molecule has 6 N–H and O–H groups in total. The van der Waals surface area contributed by atoms with Gasteiger partial charge in [-0.1, -0.05) is 33.8 Å². The van der Waals surface area contributed by atoms with E-state index in [0.717, 1.165) is 62.8 Å². The average molecular weight is 642 g/mol. The Kier molecular flexibility index (Phi) is 13.6. The molecule has 44 heavy (non-hydrogen) atoms. The van der Waals surface area contributed by atoms with Crippen molar-refractivity contribution in [2.24, 2.45) is 34.1 Å². The lowest BCUT2D eigenvalue weighted by molar-refractivity contribution is -0.355. The summed E-state index contributed by atoms with van der Waals surface area (Å²) >= 11 is 1.53. The van der Waals surface area contributed by atoms with Gasteiger partial charge in [0.15, 0.2) is 5.79 Å². The lowest BCUT2D eigenvalue weighted by Crippen LogP contribution is -2.61. The molecule has 3 aliphatic rings. The Labute approximate surface area is 268 Å². The van der Waals surface area contributed by atoms with Crippen molar-refractivity contribution in [1.82, 2.24) is 0 Å². The molecule has 11 unspecified atom stereocenters. The quantitative estimate of drug-likeness (QED) is 0.0901. The second kappa shape index (κ2) is 15.8. The number of thioether (sulfide) groups is 1. The molecule has 0 spiro atoms. The van der Waals surface area contributed by atoms with Gasteiger partial charge in [0.25, 0.3) is 0 Å². The third kappa shape index (κ3) is 8.95. The third-order valence-corrected chi connectivity index (χ3v) is 11.5. The predicted octanol–water partition coefficient (Wildman–Crippen LogP) is 4.19. The van der Waals surface area contributed by atoms with Gasteiger partial charge < -0.3 is 40.1 Å². The van der Waals surface area contributed by atoms with E-state index in [1.165, 1.54) is 17.3 Å². The largest absolute Gasteiger partial charge is 0.396 e. The number of aliphatic hydroxyl groups is 6. The number of nitrogens with zero attached hydrogens (tertiary/aromatic N) is 1. The highest BCUT2D eigenvalue weighted by Crippen LogP contribution is 2.56. The maximum atomic E-state index is 10.7. The molecule has 1 aliphatic heterocycles. The SMILES string of the molecule is C=NC(=CC=C(CC)COC(C)(CC)CC(C)(C)CCSC1OC2(O)C(CO)C(O)C(O)C12)CCC1C(O)CC1CC(C)O. The van der Waals surface area contributed by atoms with Gasteiger partial charge in [-0.25, -0.2) is 0 Å². The van der Waals surface area contributed by atoms with Crippen LogP contribution >= 0.6 is 11.8 Å². The normalized spacial score (nSPS) is 36.3. The van der Waals surface area contributed by atoms with Crippen molar-refractivity contribution in [1.29, 1.82) is 0 Å². The van der Waals surface area contributed by atoms with Crippen molar-refractivity contribution in [3.8, 4) is 0 Å². The summed E-state index contributed by atoms with van der Waals surface area (Å²) in [6.45, 7) is 16.5. The van der Waals surface area contributed by atoms with Gasteiger partial charge >= 0.3 is 0 Å². The summed E-state index contributed by atoms with van der Waals surface area (Å²) in [5.74, 6) is -1.86. The van der Waals surface area contributed by atoms with Gasteiger partial charge in [-0.15, -0.1) is 11.8 Å². The maximum Gasteiger partial charge on any atom is 0.183 e. The van der Waals surface area contributed by atoms with Crippen LogP contribution < -0.4 is 0 Å². The van der Waals surface area contributed by atoms with Crippen LogP contribution in [0.15, 0.2) is 28.4 Å². The second-order valence-corrected chi connectivity index (χ2v) is 15.6. The van der Waals surface area contributed by atoms with E-state index < -0.39 is 41.9 Å². The highest BCUT2D eigenvalue weighted by molar-refractivity contribution is 7.99. The smallest absolute Gasteiger partial charge is 0.183 e. The Morgan fingerprint density at radius 3 is 2.45 bits per heavy atom. The fraction of sp³-hybridized carbons (Fsp3) is 0.853. The fourth-order valence-electron chi connectivity index (χ4n) is 7.30. The van der Waals surface area contributed by atoms with E-state index in [4.69, 9.17) is 9.47 Å². The lowest BCUT2D eigenvalue weighted by atomic mass is 9.66. The molecule has 0 bridgehead atoms. The molecule has 3 rings (SSSR count). The Bertz CT molecular complexity index is 1000. The van der Waals surface area contributed by atoms with E-state index in [9.17, 15) is 30.6 Å². The first-order valence-corrected chi connectivity index (χ1v) is 17.5.